The predicted octanol–water partition coefficient (Wildman–Crippen LogP) is 2.74. The lowest BCUT2D eigenvalue weighted by Crippen LogP contribution is -2.30. The molecule has 2 rings (SSSR count). The van der Waals surface area contributed by atoms with Crippen LogP contribution in [0.2, 0.25) is 0 Å². The first-order valence-corrected chi connectivity index (χ1v) is 7.54. The smallest absolute Gasteiger partial charge is 0.331 e. The Kier molecular flexibility index (Phi) is 6.71. The number of carbonyl (C=O) groups is 2. The van der Waals surface area contributed by atoms with Gasteiger partial charge >= 0.3 is 5.97 Å². The van der Waals surface area contributed by atoms with Gasteiger partial charge in [0.15, 0.2) is 6.61 Å². The number of ether oxygens (including phenoxy) is 1. The Labute approximate surface area is 140 Å². The maximum absolute atomic E-state index is 12.7. The lowest BCUT2D eigenvalue weighted by Gasteiger charge is -2.05. The molecule has 2 aromatic rings. The standard InChI is InChI=1S/C19H18FNO3/c20-17-9-6-16(7-10-17)8-11-19(23)24-14-18(22)21-13-12-15-4-2-1-3-5-15/h1-11H,12-14H2,(H,21,22)/b11-8+. The van der Waals surface area contributed by atoms with Crippen LogP contribution in [0.25, 0.3) is 6.08 Å². The third-order valence-electron chi connectivity index (χ3n) is 3.21. The van der Waals surface area contributed by atoms with Crippen molar-refractivity contribution < 1.29 is 18.7 Å². The highest BCUT2D eigenvalue weighted by molar-refractivity contribution is 5.89. The summed E-state index contributed by atoms with van der Waals surface area (Å²) in [7, 11) is 0. The second kappa shape index (κ2) is 9.25. The van der Waals surface area contributed by atoms with Crippen LogP contribution in [-0.4, -0.2) is 25.0 Å². The van der Waals surface area contributed by atoms with Gasteiger partial charge < -0.3 is 10.1 Å². The Bertz CT molecular complexity index is 696. The molecule has 0 unspecified atom stereocenters. The van der Waals surface area contributed by atoms with Crippen LogP contribution in [0.15, 0.2) is 60.7 Å². The minimum atomic E-state index is -0.627. The van der Waals surface area contributed by atoms with E-state index in [4.69, 9.17) is 4.74 Å². The topological polar surface area (TPSA) is 55.4 Å². The summed E-state index contributed by atoms with van der Waals surface area (Å²) in [6, 6.07) is 15.4. The summed E-state index contributed by atoms with van der Waals surface area (Å²) >= 11 is 0. The normalized spacial score (nSPS) is 10.5. The van der Waals surface area contributed by atoms with E-state index in [0.29, 0.717) is 18.5 Å². The molecule has 1 N–H and O–H groups in total. The monoisotopic (exact) mass is 327 g/mol. The Balaban J connectivity index is 1.65. The summed E-state index contributed by atoms with van der Waals surface area (Å²) in [6.07, 6.45) is 3.41. The largest absolute Gasteiger partial charge is 0.452 e. The van der Waals surface area contributed by atoms with Crippen LogP contribution < -0.4 is 5.32 Å². The van der Waals surface area contributed by atoms with Crippen molar-refractivity contribution in [3.05, 3.63) is 77.6 Å². The molecule has 2 aromatic carbocycles. The van der Waals surface area contributed by atoms with Crippen molar-refractivity contribution in [2.75, 3.05) is 13.2 Å². The molecule has 0 aromatic heterocycles. The van der Waals surface area contributed by atoms with Crippen molar-refractivity contribution >= 4 is 18.0 Å². The van der Waals surface area contributed by atoms with Crippen LogP contribution in [0, 0.1) is 5.82 Å². The van der Waals surface area contributed by atoms with E-state index in [1.165, 1.54) is 36.4 Å². The van der Waals surface area contributed by atoms with Gasteiger partial charge in [-0.05, 0) is 35.8 Å². The number of halogens is 1. The minimum Gasteiger partial charge on any atom is -0.452 e. The van der Waals surface area contributed by atoms with E-state index < -0.39 is 5.97 Å². The van der Waals surface area contributed by atoms with Gasteiger partial charge in [-0.25, -0.2) is 9.18 Å². The Hall–Kier alpha value is -2.95. The maximum Gasteiger partial charge on any atom is 0.331 e. The van der Waals surface area contributed by atoms with Crippen LogP contribution >= 0.6 is 0 Å². The highest BCUT2D eigenvalue weighted by Crippen LogP contribution is 2.04. The number of benzene rings is 2. The Morgan fingerprint density at radius 1 is 1.04 bits per heavy atom. The minimum absolute atomic E-state index is 0.332. The quantitative estimate of drug-likeness (QED) is 0.628. The summed E-state index contributed by atoms with van der Waals surface area (Å²) < 4.78 is 17.6. The molecular weight excluding hydrogens is 309 g/mol. The van der Waals surface area contributed by atoms with Crippen LogP contribution in [0.5, 0.6) is 0 Å². The predicted molar refractivity (Wildman–Crippen MR) is 89.5 cm³/mol. The number of rotatable bonds is 7. The molecule has 0 heterocycles. The van der Waals surface area contributed by atoms with Crippen molar-refractivity contribution in [3.8, 4) is 0 Å². The van der Waals surface area contributed by atoms with Crippen LogP contribution in [0.4, 0.5) is 4.39 Å². The zero-order valence-corrected chi connectivity index (χ0v) is 13.1. The van der Waals surface area contributed by atoms with Crippen molar-refractivity contribution in [1.82, 2.24) is 5.32 Å². The van der Waals surface area contributed by atoms with E-state index in [1.54, 1.807) is 0 Å². The molecule has 0 spiro atoms. The summed E-state index contributed by atoms with van der Waals surface area (Å²) in [5, 5.41) is 2.68. The third kappa shape index (κ3) is 6.44. The molecule has 0 saturated carbocycles. The molecule has 0 bridgehead atoms. The average Bonchev–Trinajstić information content (AvgIpc) is 2.60. The van der Waals surface area contributed by atoms with Gasteiger partial charge in [0.25, 0.3) is 5.91 Å². The molecule has 124 valence electrons. The fourth-order valence-electron chi connectivity index (χ4n) is 1.96. The molecule has 0 aliphatic rings. The molecule has 4 nitrogen and oxygen atoms in total. The lowest BCUT2D eigenvalue weighted by molar-refractivity contribution is -0.143. The SMILES string of the molecule is O=C(COC(=O)/C=C/c1ccc(F)cc1)NCCc1ccccc1. The van der Waals surface area contributed by atoms with Crippen molar-refractivity contribution in [2.24, 2.45) is 0 Å². The first-order valence-electron chi connectivity index (χ1n) is 7.54. The van der Waals surface area contributed by atoms with Crippen LogP contribution in [0.1, 0.15) is 11.1 Å². The molecule has 0 radical (unpaired) electrons. The fraction of sp³-hybridized carbons (Fsp3) is 0.158. The third-order valence-corrected chi connectivity index (χ3v) is 3.21. The van der Waals surface area contributed by atoms with E-state index in [2.05, 4.69) is 5.32 Å². The summed E-state index contributed by atoms with van der Waals surface area (Å²) in [6.45, 7) is 0.146. The molecule has 24 heavy (non-hydrogen) atoms. The second-order valence-corrected chi connectivity index (χ2v) is 5.08. The number of amides is 1. The van der Waals surface area contributed by atoms with Crippen LogP contribution in [-0.2, 0) is 20.7 Å². The van der Waals surface area contributed by atoms with Crippen LogP contribution in [0.3, 0.4) is 0 Å². The Morgan fingerprint density at radius 2 is 1.75 bits per heavy atom. The molecule has 0 atom stereocenters. The molecule has 1 amide bonds. The van der Waals surface area contributed by atoms with Gasteiger partial charge in [-0.3, -0.25) is 4.79 Å². The molecule has 5 heteroatoms. The molecule has 0 fully saturated rings. The zero-order chi connectivity index (χ0) is 17.2. The van der Waals surface area contributed by atoms with E-state index >= 15 is 0 Å². The number of carbonyl (C=O) groups excluding carboxylic acids is 2. The van der Waals surface area contributed by atoms with E-state index in [-0.39, 0.29) is 18.3 Å². The van der Waals surface area contributed by atoms with E-state index in [9.17, 15) is 14.0 Å². The van der Waals surface area contributed by atoms with Gasteiger partial charge in [-0.2, -0.15) is 0 Å². The molecule has 0 aliphatic carbocycles. The summed E-state index contributed by atoms with van der Waals surface area (Å²) in [4.78, 5) is 23.1. The first-order chi connectivity index (χ1) is 11.6. The molecular formula is C19H18FNO3. The lowest BCUT2D eigenvalue weighted by atomic mass is 10.1. The van der Waals surface area contributed by atoms with Gasteiger partial charge in [0, 0.05) is 12.6 Å². The number of nitrogens with one attached hydrogen (secondary N) is 1. The maximum atomic E-state index is 12.7. The van der Waals surface area contributed by atoms with Gasteiger partial charge in [0.05, 0.1) is 0 Å². The zero-order valence-electron chi connectivity index (χ0n) is 13.1. The summed E-state index contributed by atoms with van der Waals surface area (Å²) in [5.41, 5.74) is 1.79. The highest BCUT2D eigenvalue weighted by Gasteiger charge is 2.04. The Morgan fingerprint density at radius 3 is 2.46 bits per heavy atom. The van der Waals surface area contributed by atoms with Gasteiger partial charge in [-0.1, -0.05) is 42.5 Å². The molecule has 0 saturated heterocycles. The van der Waals surface area contributed by atoms with E-state index in [1.807, 2.05) is 30.3 Å². The number of hydrogen-bond donors (Lipinski definition) is 1. The highest BCUT2D eigenvalue weighted by atomic mass is 19.1. The first kappa shape index (κ1) is 17.4. The fourth-order valence-corrected chi connectivity index (χ4v) is 1.96. The molecule has 0 aliphatic heterocycles. The van der Waals surface area contributed by atoms with Crippen molar-refractivity contribution in [2.45, 2.75) is 6.42 Å². The summed E-state index contributed by atoms with van der Waals surface area (Å²) in [5.74, 6) is -1.33. The number of hydrogen-bond acceptors (Lipinski definition) is 3. The number of esters is 1. The average molecular weight is 327 g/mol. The van der Waals surface area contributed by atoms with Gasteiger partial charge in [0.1, 0.15) is 5.82 Å². The van der Waals surface area contributed by atoms with Gasteiger partial charge in [0.2, 0.25) is 0 Å². The van der Waals surface area contributed by atoms with Crippen molar-refractivity contribution in [3.63, 3.8) is 0 Å². The van der Waals surface area contributed by atoms with Crippen molar-refractivity contribution in [1.29, 1.82) is 0 Å². The van der Waals surface area contributed by atoms with Gasteiger partial charge in [-0.15, -0.1) is 0 Å². The van der Waals surface area contributed by atoms with E-state index in [0.717, 1.165) is 5.56 Å². The second-order valence-electron chi connectivity index (χ2n) is 5.08.